The Morgan fingerprint density at radius 2 is 1.80 bits per heavy atom. The molecule has 1 aliphatic heterocycles. The summed E-state index contributed by atoms with van der Waals surface area (Å²) in [5.41, 5.74) is -5.02. The Hall–Kier alpha value is -0.340. The van der Waals surface area contributed by atoms with E-state index in [1.54, 1.807) is 14.2 Å². The number of rotatable bonds is 8. The average molecular weight is 570 g/mol. The molecule has 7 nitrogen and oxygen atoms in total. The first-order valence-corrected chi connectivity index (χ1v) is 11.6. The van der Waals surface area contributed by atoms with Gasteiger partial charge < -0.3 is 15.4 Å². The lowest BCUT2D eigenvalue weighted by molar-refractivity contribution is -0.0496. The maximum atomic E-state index is 12.7. The number of hydrogen-bond donors (Lipinski definition) is 2. The molecule has 12 heteroatoms. The van der Waals surface area contributed by atoms with Gasteiger partial charge in [-0.2, -0.15) is 17.5 Å². The molecular weight excluding hydrogens is 536 g/mol. The topological polar surface area (TPSA) is 83.0 Å². The maximum Gasteiger partial charge on any atom is 0.511 e. The van der Waals surface area contributed by atoms with E-state index < -0.39 is 15.5 Å². The lowest BCUT2D eigenvalue weighted by Gasteiger charge is -2.32. The van der Waals surface area contributed by atoms with Crippen LogP contribution in [0.5, 0.6) is 0 Å². The van der Waals surface area contributed by atoms with Crippen LogP contribution in [0.1, 0.15) is 44.9 Å². The van der Waals surface area contributed by atoms with Crippen LogP contribution in [0.15, 0.2) is 4.99 Å². The van der Waals surface area contributed by atoms with E-state index in [9.17, 15) is 21.6 Å². The summed E-state index contributed by atoms with van der Waals surface area (Å²) in [4.78, 5) is 4.24. The van der Waals surface area contributed by atoms with Gasteiger partial charge in [-0.05, 0) is 43.4 Å². The summed E-state index contributed by atoms with van der Waals surface area (Å²) < 4.78 is 66.8. The molecule has 0 aromatic rings. The van der Waals surface area contributed by atoms with Crippen LogP contribution in [0.3, 0.4) is 0 Å². The highest BCUT2D eigenvalue weighted by Gasteiger charge is 2.50. The molecule has 0 aromatic heterocycles. The van der Waals surface area contributed by atoms with E-state index in [2.05, 4.69) is 15.6 Å². The Labute approximate surface area is 194 Å². The van der Waals surface area contributed by atoms with Crippen LogP contribution in [0.4, 0.5) is 13.2 Å². The Balaban J connectivity index is 0.00000450. The predicted octanol–water partition coefficient (Wildman–Crippen LogP) is 2.93. The van der Waals surface area contributed by atoms with Crippen molar-refractivity contribution in [1.29, 1.82) is 0 Å². The van der Waals surface area contributed by atoms with Gasteiger partial charge in [-0.15, -0.1) is 24.0 Å². The van der Waals surface area contributed by atoms with Crippen molar-refractivity contribution in [2.45, 2.75) is 50.5 Å². The van der Waals surface area contributed by atoms with Crippen LogP contribution < -0.4 is 10.6 Å². The molecule has 30 heavy (non-hydrogen) atoms. The van der Waals surface area contributed by atoms with E-state index in [1.165, 1.54) is 12.8 Å². The van der Waals surface area contributed by atoms with Gasteiger partial charge in [0, 0.05) is 46.9 Å². The second-order valence-electron chi connectivity index (χ2n) is 8.05. The minimum absolute atomic E-state index is 0. The molecule has 2 N–H and O–H groups in total. The Morgan fingerprint density at radius 1 is 1.20 bits per heavy atom. The summed E-state index contributed by atoms with van der Waals surface area (Å²) >= 11 is 0. The lowest BCUT2D eigenvalue weighted by Crippen LogP contribution is -2.48. The summed E-state index contributed by atoms with van der Waals surface area (Å²) in [6, 6.07) is 0. The van der Waals surface area contributed by atoms with Gasteiger partial charge in [0.1, 0.15) is 0 Å². The second-order valence-corrected chi connectivity index (χ2v) is 9.98. The molecule has 0 atom stereocenters. The number of sulfonamides is 1. The molecule has 0 bridgehead atoms. The maximum absolute atomic E-state index is 12.7. The van der Waals surface area contributed by atoms with Crippen molar-refractivity contribution in [3.63, 3.8) is 0 Å². The fourth-order valence-corrected chi connectivity index (χ4v) is 5.18. The summed E-state index contributed by atoms with van der Waals surface area (Å²) in [6.45, 7) is 1.86. The van der Waals surface area contributed by atoms with Gasteiger partial charge in [-0.1, -0.05) is 12.8 Å². The van der Waals surface area contributed by atoms with E-state index in [-0.39, 0.29) is 48.4 Å². The van der Waals surface area contributed by atoms with Gasteiger partial charge in [0.2, 0.25) is 0 Å². The molecule has 2 aliphatic rings. The summed E-state index contributed by atoms with van der Waals surface area (Å²) in [7, 11) is -1.83. The normalized spacial score (nSPS) is 21.3. The molecule has 1 aliphatic carbocycles. The largest absolute Gasteiger partial charge is 0.511 e. The van der Waals surface area contributed by atoms with Crippen molar-refractivity contribution in [2.24, 2.45) is 16.3 Å². The van der Waals surface area contributed by atoms with Crippen LogP contribution >= 0.6 is 24.0 Å². The number of alkyl halides is 3. The first kappa shape index (κ1) is 27.7. The summed E-state index contributed by atoms with van der Waals surface area (Å²) in [6.07, 6.45) is 6.53. The van der Waals surface area contributed by atoms with E-state index >= 15 is 0 Å². The monoisotopic (exact) mass is 570 g/mol. The summed E-state index contributed by atoms with van der Waals surface area (Å²) in [5.74, 6) is 0.765. The fraction of sp³-hybridized carbons (Fsp3) is 0.944. The minimum Gasteiger partial charge on any atom is -0.385 e. The molecule has 0 unspecified atom stereocenters. The van der Waals surface area contributed by atoms with E-state index in [4.69, 9.17) is 4.74 Å². The van der Waals surface area contributed by atoms with E-state index in [1.807, 2.05) is 0 Å². The Kier molecular flexibility index (Phi) is 11.1. The summed E-state index contributed by atoms with van der Waals surface area (Å²) in [5, 5.41) is 6.62. The first-order chi connectivity index (χ1) is 13.6. The number of guanidine groups is 1. The molecule has 0 amide bonds. The highest BCUT2D eigenvalue weighted by molar-refractivity contribution is 14.0. The zero-order chi connectivity index (χ0) is 21.5. The zero-order valence-corrected chi connectivity index (χ0v) is 20.8. The number of halogens is 4. The van der Waals surface area contributed by atoms with Gasteiger partial charge in [0.15, 0.2) is 5.96 Å². The number of nitrogens with zero attached hydrogens (tertiary/aromatic N) is 2. The van der Waals surface area contributed by atoms with Gasteiger partial charge in [0.05, 0.1) is 0 Å². The average Bonchev–Trinajstić information content (AvgIpc) is 3.15. The molecule has 0 spiro atoms. The lowest BCUT2D eigenvalue weighted by atomic mass is 9.83. The third-order valence-corrected chi connectivity index (χ3v) is 7.75. The van der Waals surface area contributed by atoms with Crippen molar-refractivity contribution >= 4 is 40.0 Å². The van der Waals surface area contributed by atoms with Crippen molar-refractivity contribution in [3.8, 4) is 0 Å². The zero-order valence-electron chi connectivity index (χ0n) is 17.6. The number of aliphatic imine (C=N–C) groups is 1. The van der Waals surface area contributed by atoms with Crippen molar-refractivity contribution in [3.05, 3.63) is 0 Å². The number of hydrogen-bond acceptors (Lipinski definition) is 4. The fourth-order valence-electron chi connectivity index (χ4n) is 4.19. The Bertz CT molecular complexity index is 648. The molecule has 2 rings (SSSR count). The van der Waals surface area contributed by atoms with Gasteiger partial charge in [-0.3, -0.25) is 4.99 Å². The third kappa shape index (κ3) is 7.37. The smallest absolute Gasteiger partial charge is 0.385 e. The van der Waals surface area contributed by atoms with Crippen molar-refractivity contribution in [2.75, 3.05) is 46.9 Å². The third-order valence-electron chi connectivity index (χ3n) is 6.12. The van der Waals surface area contributed by atoms with E-state index in [0.717, 1.165) is 32.4 Å². The van der Waals surface area contributed by atoms with Gasteiger partial charge in [-0.25, -0.2) is 8.42 Å². The molecular formula is C18H34F3IN4O3S. The minimum atomic E-state index is -5.23. The molecule has 178 valence electrons. The van der Waals surface area contributed by atoms with E-state index in [0.29, 0.717) is 29.7 Å². The first-order valence-electron chi connectivity index (χ1n) is 10.1. The van der Waals surface area contributed by atoms with Crippen LogP contribution in [0, 0.1) is 11.3 Å². The predicted molar refractivity (Wildman–Crippen MR) is 121 cm³/mol. The molecule has 1 saturated heterocycles. The van der Waals surface area contributed by atoms with Crippen LogP contribution in [0.25, 0.3) is 0 Å². The SMILES string of the molecule is CN=C(NCC1CCN(S(=O)(=O)C(F)(F)F)CC1)NCC1(CCOC)CCCC1.I. The van der Waals surface area contributed by atoms with Crippen LogP contribution in [-0.2, 0) is 14.8 Å². The quantitative estimate of drug-likeness (QED) is 0.267. The number of piperidine rings is 1. The molecule has 1 heterocycles. The molecule has 1 saturated carbocycles. The second kappa shape index (κ2) is 12.0. The molecule has 0 aromatic carbocycles. The van der Waals surface area contributed by atoms with Gasteiger partial charge in [0.25, 0.3) is 0 Å². The molecule has 2 fully saturated rings. The number of ether oxygens (including phenoxy) is 1. The Morgan fingerprint density at radius 3 is 2.30 bits per heavy atom. The van der Waals surface area contributed by atoms with Crippen molar-refractivity contribution < 1.29 is 26.3 Å². The van der Waals surface area contributed by atoms with Crippen LogP contribution in [-0.4, -0.2) is 71.1 Å². The molecule has 0 radical (unpaired) electrons. The van der Waals surface area contributed by atoms with Crippen molar-refractivity contribution in [1.82, 2.24) is 14.9 Å². The highest BCUT2D eigenvalue weighted by Crippen LogP contribution is 2.40. The number of nitrogens with one attached hydrogen (secondary N) is 2. The number of methoxy groups -OCH3 is 1. The van der Waals surface area contributed by atoms with Gasteiger partial charge >= 0.3 is 15.5 Å². The standard InChI is InChI=1S/C18H33F3N4O3S.HI/c1-22-16(24-14-17(9-12-28-2)7-3-4-8-17)23-13-15-5-10-25(11-6-15)29(26,27)18(19,20)21;/h15H,3-14H2,1-2H3,(H2,22,23,24);1H. The van der Waals surface area contributed by atoms with Crippen LogP contribution in [0.2, 0.25) is 0 Å². The highest BCUT2D eigenvalue weighted by atomic mass is 127.